The van der Waals surface area contributed by atoms with E-state index in [4.69, 9.17) is 33.5 Å². The molecule has 0 radical (unpaired) electrons. The van der Waals surface area contributed by atoms with E-state index < -0.39 is 0 Å². The number of pyridine rings is 1. The fourth-order valence-corrected chi connectivity index (χ4v) is 3.63. The van der Waals surface area contributed by atoms with E-state index in [1.807, 2.05) is 0 Å². The molecule has 3 heterocycles. The number of hydrogen-bond donors (Lipinski definition) is 3. The first-order valence-electron chi connectivity index (χ1n) is 9.86. The third-order valence-electron chi connectivity index (χ3n) is 5.10. The number of nitrogens with zero attached hydrogens (tertiary/aromatic N) is 5. The van der Waals surface area contributed by atoms with Crippen molar-refractivity contribution in [2.45, 2.75) is 0 Å². The summed E-state index contributed by atoms with van der Waals surface area (Å²) in [7, 11) is 0. The van der Waals surface area contributed by atoms with Crippen molar-refractivity contribution in [1.29, 1.82) is 5.41 Å². The van der Waals surface area contributed by atoms with Gasteiger partial charge in [-0.05, 0) is 48.5 Å². The van der Waals surface area contributed by atoms with Crippen LogP contribution in [0.5, 0.6) is 0 Å². The van der Waals surface area contributed by atoms with Crippen LogP contribution in [0.4, 0.5) is 5.69 Å². The summed E-state index contributed by atoms with van der Waals surface area (Å²) in [6.45, 7) is 0. The fourth-order valence-electron chi connectivity index (χ4n) is 3.50. The van der Waals surface area contributed by atoms with E-state index in [1.54, 1.807) is 60.7 Å². The van der Waals surface area contributed by atoms with Crippen LogP contribution >= 0.6 is 11.6 Å². The van der Waals surface area contributed by atoms with Gasteiger partial charge in [-0.25, -0.2) is 9.67 Å². The number of nitrogens with two attached hydrogens (primary N) is 2. The van der Waals surface area contributed by atoms with Gasteiger partial charge in [0.05, 0.1) is 29.5 Å². The van der Waals surface area contributed by atoms with E-state index in [1.165, 1.54) is 21.6 Å². The summed E-state index contributed by atoms with van der Waals surface area (Å²) in [6, 6.07) is 17.3. The molecule has 0 atom stereocenters. The first-order chi connectivity index (χ1) is 15.9. The molecule has 0 spiro atoms. The number of nitrogen functional groups attached to an aromatic ring is 2. The Kier molecular flexibility index (Phi) is 4.87. The van der Waals surface area contributed by atoms with Crippen LogP contribution in [0, 0.1) is 5.41 Å². The molecule has 0 aliphatic heterocycles. The number of fused-ring (bicyclic) bond motifs is 1. The van der Waals surface area contributed by atoms with Gasteiger partial charge in [-0.15, -0.1) is 0 Å². The quantitative estimate of drug-likeness (QED) is 0.280. The molecule has 2 aromatic carbocycles. The molecule has 0 saturated carbocycles. The molecule has 0 aliphatic carbocycles. The molecule has 0 saturated heterocycles. The Hall–Kier alpha value is -4.50. The smallest absolute Gasteiger partial charge is 0.269 e. The molecule has 0 bridgehead atoms. The second-order valence-corrected chi connectivity index (χ2v) is 7.72. The number of aromatic nitrogens is 5. The molecule has 3 aromatic heterocycles. The predicted molar refractivity (Wildman–Crippen MR) is 128 cm³/mol. The molecule has 10 heteroatoms. The van der Waals surface area contributed by atoms with Crippen molar-refractivity contribution in [3.8, 4) is 22.9 Å². The molecule has 5 aromatic rings. The Balaban J connectivity index is 1.82. The van der Waals surface area contributed by atoms with Crippen LogP contribution in [0.1, 0.15) is 5.56 Å². The van der Waals surface area contributed by atoms with Gasteiger partial charge in [0, 0.05) is 10.6 Å². The van der Waals surface area contributed by atoms with E-state index in [2.05, 4.69) is 10.1 Å². The predicted octanol–water partition coefficient (Wildman–Crippen LogP) is 3.15. The number of hydrogen-bond acceptors (Lipinski definition) is 6. The van der Waals surface area contributed by atoms with E-state index >= 15 is 0 Å². The topological polar surface area (TPSA) is 141 Å². The molecule has 0 unspecified atom stereocenters. The third kappa shape index (κ3) is 3.60. The molecule has 0 aliphatic rings. The van der Waals surface area contributed by atoms with Crippen LogP contribution < -0.4 is 17.0 Å². The van der Waals surface area contributed by atoms with Crippen LogP contribution in [0.2, 0.25) is 5.02 Å². The highest BCUT2D eigenvalue weighted by Crippen LogP contribution is 2.24. The van der Waals surface area contributed by atoms with Gasteiger partial charge in [-0.3, -0.25) is 19.8 Å². The minimum atomic E-state index is -0.315. The molecule has 9 nitrogen and oxygen atoms in total. The van der Waals surface area contributed by atoms with Crippen LogP contribution in [0.15, 0.2) is 77.9 Å². The number of amidine groups is 1. The summed E-state index contributed by atoms with van der Waals surface area (Å²) in [4.78, 5) is 22.8. The number of anilines is 1. The lowest BCUT2D eigenvalue weighted by Gasteiger charge is -2.13. The highest BCUT2D eigenvalue weighted by Gasteiger charge is 2.19. The Labute approximate surface area is 192 Å². The van der Waals surface area contributed by atoms with Crippen molar-refractivity contribution in [3.05, 3.63) is 94.0 Å². The normalized spacial score (nSPS) is 11.1. The van der Waals surface area contributed by atoms with Gasteiger partial charge in [-0.1, -0.05) is 23.7 Å². The van der Waals surface area contributed by atoms with E-state index in [0.717, 1.165) is 0 Å². The van der Waals surface area contributed by atoms with Crippen molar-refractivity contribution < 1.29 is 0 Å². The summed E-state index contributed by atoms with van der Waals surface area (Å²) < 4.78 is 3.01. The minimum Gasteiger partial charge on any atom is -0.397 e. The second-order valence-electron chi connectivity index (χ2n) is 7.29. The van der Waals surface area contributed by atoms with Gasteiger partial charge in [0.1, 0.15) is 16.9 Å². The minimum absolute atomic E-state index is 0.0712. The van der Waals surface area contributed by atoms with Crippen LogP contribution in [-0.4, -0.2) is 30.2 Å². The zero-order chi connectivity index (χ0) is 23.1. The number of nitrogens with one attached hydrogen (secondary N) is 1. The van der Waals surface area contributed by atoms with Gasteiger partial charge in [0.2, 0.25) is 0 Å². The van der Waals surface area contributed by atoms with Crippen molar-refractivity contribution in [1.82, 2.24) is 24.3 Å². The summed E-state index contributed by atoms with van der Waals surface area (Å²) in [5.74, 6) is 0.248. The highest BCUT2D eigenvalue weighted by atomic mass is 35.5. The Morgan fingerprint density at radius 3 is 2.48 bits per heavy atom. The molecule has 0 amide bonds. The number of rotatable bonds is 4. The maximum absolute atomic E-state index is 13.6. The lowest BCUT2D eigenvalue weighted by atomic mass is 10.2. The average molecular weight is 457 g/mol. The zero-order valence-corrected chi connectivity index (χ0v) is 17.9. The molecular weight excluding hydrogens is 440 g/mol. The van der Waals surface area contributed by atoms with Crippen LogP contribution in [0.3, 0.4) is 0 Å². The SMILES string of the molecule is N=C(N)c1cccc(-n2ncc3c(=O)n(-c4ccc(Cl)cc4)c(-c4ccc(N)cn4)nc32)c1. The molecule has 0 fully saturated rings. The standard InChI is InChI=1S/C23H17ClN8O/c24-14-4-7-16(8-5-14)31-22(19-9-6-15(25)11-28-19)30-21-18(23(31)33)12-29-32(21)17-3-1-2-13(10-17)20(26)27/h1-12H,25H2,(H3,26,27). The van der Waals surface area contributed by atoms with Crippen LogP contribution in [0.25, 0.3) is 33.9 Å². The summed E-state index contributed by atoms with van der Waals surface area (Å²) in [5.41, 5.74) is 14.2. The van der Waals surface area contributed by atoms with Gasteiger partial charge in [0.25, 0.3) is 5.56 Å². The molecule has 33 heavy (non-hydrogen) atoms. The fraction of sp³-hybridized carbons (Fsp3) is 0. The van der Waals surface area contributed by atoms with Gasteiger partial charge >= 0.3 is 0 Å². The number of halogens is 1. The van der Waals surface area contributed by atoms with E-state index in [9.17, 15) is 4.79 Å². The maximum atomic E-state index is 13.6. The monoisotopic (exact) mass is 456 g/mol. The first kappa shape index (κ1) is 20.4. The Morgan fingerprint density at radius 2 is 1.79 bits per heavy atom. The summed E-state index contributed by atoms with van der Waals surface area (Å²) >= 11 is 6.05. The molecule has 5 rings (SSSR count). The molecule has 5 N–H and O–H groups in total. The Bertz CT molecular complexity index is 1570. The van der Waals surface area contributed by atoms with Gasteiger partial charge < -0.3 is 11.5 Å². The van der Waals surface area contributed by atoms with E-state index in [-0.39, 0.29) is 11.4 Å². The van der Waals surface area contributed by atoms with Crippen LogP contribution in [-0.2, 0) is 0 Å². The maximum Gasteiger partial charge on any atom is 0.269 e. The molecule has 162 valence electrons. The zero-order valence-electron chi connectivity index (χ0n) is 17.1. The number of benzene rings is 2. The highest BCUT2D eigenvalue weighted by molar-refractivity contribution is 6.30. The van der Waals surface area contributed by atoms with E-state index in [0.29, 0.717) is 50.2 Å². The summed E-state index contributed by atoms with van der Waals surface area (Å²) in [6.07, 6.45) is 2.98. The van der Waals surface area contributed by atoms with Gasteiger partial charge in [0.15, 0.2) is 11.5 Å². The average Bonchev–Trinajstić information content (AvgIpc) is 3.25. The molecular formula is C23H17ClN8O. The first-order valence-corrected chi connectivity index (χ1v) is 10.2. The second kappa shape index (κ2) is 7.88. The van der Waals surface area contributed by atoms with Crippen molar-refractivity contribution in [2.75, 3.05) is 5.73 Å². The van der Waals surface area contributed by atoms with Crippen molar-refractivity contribution >= 4 is 34.2 Å². The largest absolute Gasteiger partial charge is 0.397 e. The van der Waals surface area contributed by atoms with Crippen molar-refractivity contribution in [2.24, 2.45) is 5.73 Å². The Morgan fingerprint density at radius 1 is 1.00 bits per heavy atom. The van der Waals surface area contributed by atoms with Gasteiger partial charge in [-0.2, -0.15) is 5.10 Å². The third-order valence-corrected chi connectivity index (χ3v) is 5.35. The lowest BCUT2D eigenvalue weighted by Crippen LogP contribution is -2.22. The van der Waals surface area contributed by atoms with Crippen molar-refractivity contribution in [3.63, 3.8) is 0 Å². The lowest BCUT2D eigenvalue weighted by molar-refractivity contribution is 0.886. The summed E-state index contributed by atoms with van der Waals surface area (Å²) in [5, 5.41) is 13.0.